The van der Waals surface area contributed by atoms with Gasteiger partial charge in [-0.25, -0.2) is 0 Å². The normalized spacial score (nSPS) is 15.3. The Bertz CT molecular complexity index is 604. The van der Waals surface area contributed by atoms with Crippen LogP contribution < -0.4 is 10.2 Å². The van der Waals surface area contributed by atoms with E-state index in [2.05, 4.69) is 15.5 Å². The van der Waals surface area contributed by atoms with Crippen molar-refractivity contribution in [1.29, 1.82) is 0 Å². The van der Waals surface area contributed by atoms with E-state index in [0.717, 1.165) is 6.07 Å². The SMILES string of the molecule is CC(C)(O)COc1ccc(C2=NCC=NN2)cc1C(F)(F)F. The van der Waals surface area contributed by atoms with Crippen LogP contribution >= 0.6 is 0 Å². The van der Waals surface area contributed by atoms with Crippen molar-refractivity contribution in [3.63, 3.8) is 0 Å². The fraction of sp³-hybridized carbons (Fsp3) is 0.429. The first-order valence-electron chi connectivity index (χ1n) is 6.55. The van der Waals surface area contributed by atoms with Crippen LogP contribution in [0.1, 0.15) is 25.0 Å². The van der Waals surface area contributed by atoms with Crippen LogP contribution in [0, 0.1) is 0 Å². The molecule has 120 valence electrons. The van der Waals surface area contributed by atoms with Gasteiger partial charge in [0.1, 0.15) is 18.2 Å². The number of hydrazone groups is 1. The molecule has 0 aromatic heterocycles. The highest BCUT2D eigenvalue weighted by molar-refractivity contribution is 6.00. The van der Waals surface area contributed by atoms with Gasteiger partial charge < -0.3 is 9.84 Å². The van der Waals surface area contributed by atoms with E-state index >= 15 is 0 Å². The average Bonchev–Trinajstić information content (AvgIpc) is 2.44. The smallest absolute Gasteiger partial charge is 0.419 e. The molecule has 0 bridgehead atoms. The van der Waals surface area contributed by atoms with Crippen LogP contribution in [0.2, 0.25) is 0 Å². The Kier molecular flexibility index (Phi) is 4.41. The summed E-state index contributed by atoms with van der Waals surface area (Å²) >= 11 is 0. The molecule has 1 aromatic rings. The Morgan fingerprint density at radius 2 is 2.05 bits per heavy atom. The van der Waals surface area contributed by atoms with Gasteiger partial charge in [0.25, 0.3) is 0 Å². The second kappa shape index (κ2) is 5.96. The zero-order valence-electron chi connectivity index (χ0n) is 12.1. The molecule has 5 nitrogen and oxygen atoms in total. The quantitative estimate of drug-likeness (QED) is 0.895. The summed E-state index contributed by atoms with van der Waals surface area (Å²) in [6.45, 7) is 2.96. The van der Waals surface area contributed by atoms with Crippen molar-refractivity contribution in [2.24, 2.45) is 10.1 Å². The summed E-state index contributed by atoms with van der Waals surface area (Å²) in [5.41, 5.74) is 0.671. The van der Waals surface area contributed by atoms with Gasteiger partial charge in [-0.15, -0.1) is 0 Å². The molecule has 1 aromatic carbocycles. The van der Waals surface area contributed by atoms with E-state index in [1.54, 1.807) is 0 Å². The number of aliphatic imine (C=N–C) groups is 1. The second-order valence-electron chi connectivity index (χ2n) is 5.42. The van der Waals surface area contributed by atoms with Crippen molar-refractivity contribution in [2.45, 2.75) is 25.6 Å². The number of amidine groups is 1. The molecule has 0 saturated carbocycles. The number of halogens is 3. The first-order chi connectivity index (χ1) is 10.2. The van der Waals surface area contributed by atoms with Gasteiger partial charge in [-0.1, -0.05) is 0 Å². The molecule has 8 heteroatoms. The van der Waals surface area contributed by atoms with Gasteiger partial charge in [0.15, 0.2) is 0 Å². The maximum Gasteiger partial charge on any atom is 0.419 e. The van der Waals surface area contributed by atoms with E-state index in [1.807, 2.05) is 0 Å². The van der Waals surface area contributed by atoms with Crippen LogP contribution in [0.25, 0.3) is 0 Å². The molecule has 0 spiro atoms. The van der Waals surface area contributed by atoms with Crippen LogP contribution in [0.15, 0.2) is 28.3 Å². The lowest BCUT2D eigenvalue weighted by molar-refractivity contribution is -0.139. The average molecular weight is 315 g/mol. The van der Waals surface area contributed by atoms with Gasteiger partial charge in [0.05, 0.1) is 17.7 Å². The van der Waals surface area contributed by atoms with Crippen molar-refractivity contribution >= 4 is 12.1 Å². The zero-order chi connectivity index (χ0) is 16.4. The van der Waals surface area contributed by atoms with Gasteiger partial charge in [-0.05, 0) is 32.0 Å². The van der Waals surface area contributed by atoms with Gasteiger partial charge >= 0.3 is 6.18 Å². The molecule has 0 radical (unpaired) electrons. The molecular formula is C14H16F3N3O2. The molecule has 0 saturated heterocycles. The van der Waals surface area contributed by atoms with E-state index in [-0.39, 0.29) is 23.8 Å². The number of nitrogens with zero attached hydrogens (tertiary/aromatic N) is 2. The number of ether oxygens (including phenoxy) is 1. The number of hydrogen-bond donors (Lipinski definition) is 2. The van der Waals surface area contributed by atoms with Crippen LogP contribution in [0.3, 0.4) is 0 Å². The third-order valence-corrected chi connectivity index (χ3v) is 2.73. The van der Waals surface area contributed by atoms with Crippen LogP contribution in [0.4, 0.5) is 13.2 Å². The molecule has 0 unspecified atom stereocenters. The molecule has 1 aliphatic rings. The molecule has 0 atom stereocenters. The molecule has 0 amide bonds. The van der Waals surface area contributed by atoms with Crippen LogP contribution in [0.5, 0.6) is 5.75 Å². The lowest BCUT2D eigenvalue weighted by atomic mass is 10.1. The minimum Gasteiger partial charge on any atom is -0.490 e. The zero-order valence-corrected chi connectivity index (χ0v) is 12.1. The van der Waals surface area contributed by atoms with Crippen molar-refractivity contribution in [1.82, 2.24) is 5.43 Å². The van der Waals surface area contributed by atoms with Gasteiger partial charge in [0.2, 0.25) is 0 Å². The standard InChI is InChI=1S/C14H16F3N3O2/c1-13(2,21)8-22-11-4-3-9(7-10(11)14(15,16)17)12-18-5-6-19-20-12/h3-4,6-7,21H,5,8H2,1-2H3,(H,18,20). The van der Waals surface area contributed by atoms with Crippen molar-refractivity contribution in [3.05, 3.63) is 29.3 Å². The molecular weight excluding hydrogens is 299 g/mol. The Hall–Kier alpha value is -2.09. The van der Waals surface area contributed by atoms with E-state index in [1.165, 1.54) is 32.2 Å². The third-order valence-electron chi connectivity index (χ3n) is 2.73. The van der Waals surface area contributed by atoms with Gasteiger partial charge in [-0.3, -0.25) is 10.4 Å². The second-order valence-corrected chi connectivity index (χ2v) is 5.42. The number of nitrogens with one attached hydrogen (secondary N) is 1. The Labute approximate surface area is 125 Å². The fourth-order valence-corrected chi connectivity index (χ4v) is 1.75. The fourth-order valence-electron chi connectivity index (χ4n) is 1.75. The molecule has 22 heavy (non-hydrogen) atoms. The largest absolute Gasteiger partial charge is 0.490 e. The number of alkyl halides is 3. The topological polar surface area (TPSA) is 66.2 Å². The van der Waals surface area contributed by atoms with Crippen LogP contribution in [-0.2, 0) is 6.18 Å². The highest BCUT2D eigenvalue weighted by atomic mass is 19.4. The predicted molar refractivity (Wildman–Crippen MR) is 76.3 cm³/mol. The number of hydrogen-bond acceptors (Lipinski definition) is 5. The van der Waals surface area contributed by atoms with Gasteiger partial charge in [-0.2, -0.15) is 18.3 Å². The first-order valence-corrected chi connectivity index (χ1v) is 6.55. The molecule has 0 fully saturated rings. The summed E-state index contributed by atoms with van der Waals surface area (Å²) in [6, 6.07) is 3.63. The Balaban J connectivity index is 2.33. The van der Waals surface area contributed by atoms with Crippen molar-refractivity contribution in [3.8, 4) is 5.75 Å². The molecule has 2 N–H and O–H groups in total. The monoisotopic (exact) mass is 315 g/mol. The summed E-state index contributed by atoms with van der Waals surface area (Å²) in [6.07, 6.45) is -3.07. The predicted octanol–water partition coefficient (Wildman–Crippen LogP) is 2.19. The molecule has 0 aliphatic carbocycles. The van der Waals surface area contributed by atoms with E-state index in [4.69, 9.17) is 4.74 Å². The minimum atomic E-state index is -4.58. The highest BCUT2D eigenvalue weighted by Gasteiger charge is 2.35. The maximum atomic E-state index is 13.2. The molecule has 1 aliphatic heterocycles. The summed E-state index contributed by atoms with van der Waals surface area (Å²) in [7, 11) is 0. The highest BCUT2D eigenvalue weighted by Crippen LogP contribution is 2.37. The summed E-state index contributed by atoms with van der Waals surface area (Å²) in [4.78, 5) is 4.05. The van der Waals surface area contributed by atoms with Crippen molar-refractivity contribution < 1.29 is 23.0 Å². The van der Waals surface area contributed by atoms with Crippen molar-refractivity contribution in [2.75, 3.05) is 13.2 Å². The summed E-state index contributed by atoms with van der Waals surface area (Å²) in [5, 5.41) is 13.3. The van der Waals surface area contributed by atoms with Crippen LogP contribution in [-0.4, -0.2) is 35.9 Å². The van der Waals surface area contributed by atoms with E-state index < -0.39 is 17.3 Å². The lowest BCUT2D eigenvalue weighted by Gasteiger charge is -2.21. The van der Waals surface area contributed by atoms with E-state index in [0.29, 0.717) is 6.54 Å². The molecule has 2 rings (SSSR count). The summed E-state index contributed by atoms with van der Waals surface area (Å²) < 4.78 is 44.7. The van der Waals surface area contributed by atoms with E-state index in [9.17, 15) is 18.3 Å². The summed E-state index contributed by atoms with van der Waals surface area (Å²) in [5.74, 6) is -0.0691. The first kappa shape index (κ1) is 16.3. The maximum absolute atomic E-state index is 13.2. The lowest BCUT2D eigenvalue weighted by Crippen LogP contribution is -2.29. The Morgan fingerprint density at radius 1 is 1.32 bits per heavy atom. The third kappa shape index (κ3) is 4.20. The number of benzene rings is 1. The Morgan fingerprint density at radius 3 is 2.59 bits per heavy atom. The van der Waals surface area contributed by atoms with Gasteiger partial charge in [0, 0.05) is 11.8 Å². The number of aliphatic hydroxyl groups is 1. The molecule has 1 heterocycles. The minimum absolute atomic E-state index is 0.251. The number of rotatable bonds is 4.